The molecule has 0 bridgehead atoms. The van der Waals surface area contributed by atoms with Crippen molar-refractivity contribution in [1.29, 1.82) is 0 Å². The molecule has 1 saturated carbocycles. The van der Waals surface area contributed by atoms with Gasteiger partial charge in [-0.05, 0) is 37.4 Å². The van der Waals surface area contributed by atoms with Gasteiger partial charge in [0.2, 0.25) is 0 Å². The lowest BCUT2D eigenvalue weighted by molar-refractivity contribution is 0.0997. The molecule has 0 heterocycles. The van der Waals surface area contributed by atoms with Gasteiger partial charge in [-0.25, -0.2) is 0 Å². The average Bonchev–Trinajstić information content (AvgIpc) is 2.74. The van der Waals surface area contributed by atoms with E-state index >= 15 is 0 Å². The molecule has 2 rings (SSSR count). The maximum absolute atomic E-state index is 6.17. The molecular formula is C18H30N2. The second kappa shape index (κ2) is 7.24. The molecule has 1 aromatic rings. The van der Waals surface area contributed by atoms with Crippen LogP contribution in [0, 0.1) is 0 Å². The molecule has 0 amide bonds. The number of hydrogen-bond acceptors (Lipinski definition) is 2. The number of benzene rings is 1. The van der Waals surface area contributed by atoms with Crippen LogP contribution in [0.15, 0.2) is 24.3 Å². The summed E-state index contributed by atoms with van der Waals surface area (Å²) in [5, 5.41) is 0. The van der Waals surface area contributed by atoms with Gasteiger partial charge in [0.1, 0.15) is 0 Å². The van der Waals surface area contributed by atoms with Gasteiger partial charge in [0.15, 0.2) is 0 Å². The second-order valence-electron chi connectivity index (χ2n) is 6.37. The zero-order valence-corrected chi connectivity index (χ0v) is 13.2. The van der Waals surface area contributed by atoms with Crippen LogP contribution in [0.5, 0.6) is 0 Å². The average molecular weight is 274 g/mol. The molecule has 1 aliphatic carbocycles. The first-order chi connectivity index (χ1) is 9.70. The SMILES string of the molecule is CCc1ccc(CN(C)C2(CN)CCCCCC2)cc1. The fourth-order valence-corrected chi connectivity index (χ4v) is 3.45. The van der Waals surface area contributed by atoms with E-state index in [0.717, 1.165) is 19.5 Å². The number of hydrogen-bond donors (Lipinski definition) is 1. The lowest BCUT2D eigenvalue weighted by Crippen LogP contribution is -2.51. The summed E-state index contributed by atoms with van der Waals surface area (Å²) in [4.78, 5) is 2.51. The summed E-state index contributed by atoms with van der Waals surface area (Å²) in [6.07, 6.45) is 9.04. The van der Waals surface area contributed by atoms with E-state index in [2.05, 4.69) is 43.1 Å². The largest absolute Gasteiger partial charge is 0.329 e. The Hall–Kier alpha value is -0.860. The van der Waals surface area contributed by atoms with Gasteiger partial charge in [0.25, 0.3) is 0 Å². The Kier molecular flexibility index (Phi) is 5.62. The molecule has 2 nitrogen and oxygen atoms in total. The molecule has 2 N–H and O–H groups in total. The molecule has 112 valence electrons. The minimum atomic E-state index is 0.222. The zero-order valence-electron chi connectivity index (χ0n) is 13.2. The lowest BCUT2D eigenvalue weighted by Gasteiger charge is -2.41. The van der Waals surface area contributed by atoms with Crippen LogP contribution in [-0.4, -0.2) is 24.0 Å². The minimum Gasteiger partial charge on any atom is -0.329 e. The van der Waals surface area contributed by atoms with Gasteiger partial charge in [-0.15, -0.1) is 0 Å². The monoisotopic (exact) mass is 274 g/mol. The molecule has 0 unspecified atom stereocenters. The Bertz CT molecular complexity index is 388. The van der Waals surface area contributed by atoms with Gasteiger partial charge in [0, 0.05) is 18.6 Å². The third-order valence-corrected chi connectivity index (χ3v) is 5.07. The highest BCUT2D eigenvalue weighted by Gasteiger charge is 2.33. The molecule has 0 aliphatic heterocycles. The third kappa shape index (κ3) is 3.62. The predicted molar refractivity (Wildman–Crippen MR) is 86.8 cm³/mol. The van der Waals surface area contributed by atoms with E-state index in [1.54, 1.807) is 0 Å². The maximum Gasteiger partial charge on any atom is 0.0332 e. The molecule has 2 heteroatoms. The van der Waals surface area contributed by atoms with Crippen molar-refractivity contribution in [2.45, 2.75) is 64.0 Å². The van der Waals surface area contributed by atoms with Gasteiger partial charge in [-0.1, -0.05) is 56.9 Å². The standard InChI is InChI=1S/C18H30N2/c1-3-16-8-10-17(11-9-16)14-20(2)18(15-19)12-6-4-5-7-13-18/h8-11H,3-7,12-15,19H2,1-2H3. The van der Waals surface area contributed by atoms with E-state index in [1.807, 2.05) is 0 Å². The fourth-order valence-electron chi connectivity index (χ4n) is 3.45. The van der Waals surface area contributed by atoms with Crippen molar-refractivity contribution in [2.75, 3.05) is 13.6 Å². The van der Waals surface area contributed by atoms with Gasteiger partial charge in [-0.2, -0.15) is 0 Å². The Morgan fingerprint density at radius 3 is 2.05 bits per heavy atom. The number of likely N-dealkylation sites (N-methyl/N-ethyl adjacent to an activating group) is 1. The number of rotatable bonds is 5. The maximum atomic E-state index is 6.17. The summed E-state index contributed by atoms with van der Waals surface area (Å²) >= 11 is 0. The summed E-state index contributed by atoms with van der Waals surface area (Å²) in [6, 6.07) is 9.06. The van der Waals surface area contributed by atoms with E-state index in [0.29, 0.717) is 0 Å². The number of nitrogens with zero attached hydrogens (tertiary/aromatic N) is 1. The molecule has 0 saturated heterocycles. The van der Waals surface area contributed by atoms with Gasteiger partial charge in [0.05, 0.1) is 0 Å². The van der Waals surface area contributed by atoms with E-state index in [9.17, 15) is 0 Å². The van der Waals surface area contributed by atoms with Gasteiger partial charge < -0.3 is 5.73 Å². The van der Waals surface area contributed by atoms with Gasteiger partial charge in [-0.3, -0.25) is 4.90 Å². The Labute approximate surface area is 124 Å². The van der Waals surface area contributed by atoms with Crippen LogP contribution in [0.2, 0.25) is 0 Å². The smallest absolute Gasteiger partial charge is 0.0332 e. The molecule has 20 heavy (non-hydrogen) atoms. The Morgan fingerprint density at radius 1 is 1.00 bits per heavy atom. The van der Waals surface area contributed by atoms with E-state index in [-0.39, 0.29) is 5.54 Å². The second-order valence-corrected chi connectivity index (χ2v) is 6.37. The molecule has 0 aromatic heterocycles. The van der Waals surface area contributed by atoms with Crippen molar-refractivity contribution >= 4 is 0 Å². The lowest BCUT2D eigenvalue weighted by atomic mass is 9.88. The number of aryl methyl sites for hydroxylation is 1. The van der Waals surface area contributed by atoms with E-state index in [4.69, 9.17) is 5.73 Å². The van der Waals surface area contributed by atoms with Crippen molar-refractivity contribution in [2.24, 2.45) is 5.73 Å². The summed E-state index contributed by atoms with van der Waals surface area (Å²) < 4.78 is 0. The fraction of sp³-hybridized carbons (Fsp3) is 0.667. The third-order valence-electron chi connectivity index (χ3n) is 5.07. The normalized spacial score (nSPS) is 19.0. The van der Waals surface area contributed by atoms with Crippen molar-refractivity contribution in [3.8, 4) is 0 Å². The van der Waals surface area contributed by atoms with Crippen molar-refractivity contribution in [3.63, 3.8) is 0 Å². The van der Waals surface area contributed by atoms with E-state index in [1.165, 1.54) is 49.7 Å². The molecule has 0 spiro atoms. The number of nitrogens with two attached hydrogens (primary N) is 1. The topological polar surface area (TPSA) is 29.3 Å². The van der Waals surface area contributed by atoms with E-state index < -0.39 is 0 Å². The Morgan fingerprint density at radius 2 is 1.55 bits per heavy atom. The first-order valence-electron chi connectivity index (χ1n) is 8.19. The van der Waals surface area contributed by atoms with Crippen LogP contribution in [-0.2, 0) is 13.0 Å². The van der Waals surface area contributed by atoms with Crippen molar-refractivity contribution in [3.05, 3.63) is 35.4 Å². The quantitative estimate of drug-likeness (QED) is 0.829. The van der Waals surface area contributed by atoms with Crippen molar-refractivity contribution in [1.82, 2.24) is 4.90 Å². The zero-order chi connectivity index (χ0) is 14.4. The van der Waals surface area contributed by atoms with Gasteiger partial charge >= 0.3 is 0 Å². The highest BCUT2D eigenvalue weighted by atomic mass is 15.2. The Balaban J connectivity index is 2.05. The van der Waals surface area contributed by atoms with Crippen LogP contribution >= 0.6 is 0 Å². The highest BCUT2D eigenvalue weighted by Crippen LogP contribution is 2.32. The molecule has 1 aliphatic rings. The van der Waals surface area contributed by atoms with Crippen molar-refractivity contribution < 1.29 is 0 Å². The van der Waals surface area contributed by atoms with Crippen LogP contribution in [0.25, 0.3) is 0 Å². The van der Waals surface area contributed by atoms with Crippen LogP contribution < -0.4 is 5.73 Å². The molecule has 0 radical (unpaired) electrons. The summed E-state index contributed by atoms with van der Waals surface area (Å²) in [5.41, 5.74) is 9.21. The van der Waals surface area contributed by atoms with Crippen LogP contribution in [0.4, 0.5) is 0 Å². The highest BCUT2D eigenvalue weighted by molar-refractivity contribution is 5.22. The van der Waals surface area contributed by atoms with Crippen LogP contribution in [0.3, 0.4) is 0 Å². The minimum absolute atomic E-state index is 0.222. The molecule has 1 aromatic carbocycles. The molecule has 1 fully saturated rings. The molecule has 0 atom stereocenters. The van der Waals surface area contributed by atoms with Crippen LogP contribution in [0.1, 0.15) is 56.6 Å². The predicted octanol–water partition coefficient (Wildman–Crippen LogP) is 3.73. The first-order valence-corrected chi connectivity index (χ1v) is 8.19. The first kappa shape index (κ1) is 15.5. The summed E-state index contributed by atoms with van der Waals surface area (Å²) in [6.45, 7) is 4.01. The summed E-state index contributed by atoms with van der Waals surface area (Å²) in [5.74, 6) is 0. The summed E-state index contributed by atoms with van der Waals surface area (Å²) in [7, 11) is 2.26. The molecular weight excluding hydrogens is 244 g/mol.